The third-order valence-corrected chi connectivity index (χ3v) is 7.78. The van der Waals surface area contributed by atoms with Crippen molar-refractivity contribution in [2.75, 3.05) is 13.1 Å². The molecule has 3 heterocycles. The second-order valence-electron chi connectivity index (χ2n) is 7.55. The molecule has 2 aromatic heterocycles. The quantitative estimate of drug-likeness (QED) is 0.621. The fourth-order valence-corrected chi connectivity index (χ4v) is 5.30. The molecule has 0 bridgehead atoms. The summed E-state index contributed by atoms with van der Waals surface area (Å²) < 4.78 is 32.3. The average molecular weight is 423 g/mol. The van der Waals surface area contributed by atoms with E-state index in [1.54, 1.807) is 10.5 Å². The fourth-order valence-electron chi connectivity index (χ4n) is 3.51. The van der Waals surface area contributed by atoms with Crippen molar-refractivity contribution in [3.63, 3.8) is 0 Å². The summed E-state index contributed by atoms with van der Waals surface area (Å²) in [5.74, 6) is 0.741. The lowest BCUT2D eigenvalue weighted by molar-refractivity contribution is 0.440. The first kappa shape index (κ1) is 19.1. The van der Waals surface area contributed by atoms with Crippen LogP contribution in [0.5, 0.6) is 0 Å². The zero-order chi connectivity index (χ0) is 20.7. The molecule has 1 fully saturated rings. The predicted octanol–water partition coefficient (Wildman–Crippen LogP) is 3.08. The first-order chi connectivity index (χ1) is 14.5. The van der Waals surface area contributed by atoms with Gasteiger partial charge in [-0.05, 0) is 43.9 Å². The van der Waals surface area contributed by atoms with Crippen LogP contribution < -0.4 is 0 Å². The van der Waals surface area contributed by atoms with Crippen molar-refractivity contribution in [2.24, 2.45) is 0 Å². The fraction of sp³-hybridized carbons (Fsp3) is 0.333. The molecule has 0 amide bonds. The van der Waals surface area contributed by atoms with Gasteiger partial charge >= 0.3 is 0 Å². The minimum absolute atomic E-state index is 0.186. The smallest absolute Gasteiger partial charge is 0.268 e. The molecule has 30 heavy (non-hydrogen) atoms. The van der Waals surface area contributed by atoms with Gasteiger partial charge in [0, 0.05) is 18.7 Å². The molecule has 3 aromatic rings. The molecule has 0 spiro atoms. The van der Waals surface area contributed by atoms with Crippen LogP contribution in [0, 0.1) is 6.92 Å². The van der Waals surface area contributed by atoms with E-state index in [0.29, 0.717) is 48.4 Å². The Bertz CT molecular complexity index is 1220. The van der Waals surface area contributed by atoms with Gasteiger partial charge in [-0.1, -0.05) is 24.3 Å². The molecule has 1 aliphatic heterocycles. The van der Waals surface area contributed by atoms with Gasteiger partial charge in [0.2, 0.25) is 15.9 Å². The van der Waals surface area contributed by atoms with E-state index in [1.165, 1.54) is 0 Å². The van der Waals surface area contributed by atoms with E-state index in [0.717, 1.165) is 24.0 Å². The molecule has 0 N–H and O–H groups in total. The molecule has 154 valence electrons. The summed E-state index contributed by atoms with van der Waals surface area (Å²) in [6.45, 7) is 2.68. The van der Waals surface area contributed by atoms with Gasteiger partial charge in [0.25, 0.3) is 5.89 Å². The molecule has 8 nitrogen and oxygen atoms in total. The number of rotatable bonds is 5. The van der Waals surface area contributed by atoms with E-state index in [9.17, 15) is 8.42 Å². The monoisotopic (exact) mass is 423 g/mol. The van der Waals surface area contributed by atoms with Gasteiger partial charge in [0.05, 0.1) is 22.8 Å². The van der Waals surface area contributed by atoms with Gasteiger partial charge in [-0.2, -0.15) is 4.31 Å². The zero-order valence-electron chi connectivity index (χ0n) is 16.5. The van der Waals surface area contributed by atoms with Crippen LogP contribution in [0.2, 0.25) is 0 Å². The highest BCUT2D eigenvalue weighted by atomic mass is 32.2. The molecule has 1 saturated carbocycles. The number of aryl methyl sites for hydroxylation is 1. The molecular weight excluding hydrogens is 402 g/mol. The second-order valence-corrected chi connectivity index (χ2v) is 9.76. The van der Waals surface area contributed by atoms with Gasteiger partial charge in [-0.3, -0.25) is 4.98 Å². The Labute approximate surface area is 174 Å². The van der Waals surface area contributed by atoms with E-state index in [2.05, 4.69) is 15.2 Å². The van der Waals surface area contributed by atoms with Crippen LogP contribution >= 0.6 is 0 Å². The van der Waals surface area contributed by atoms with E-state index in [4.69, 9.17) is 9.40 Å². The van der Waals surface area contributed by atoms with Crippen molar-refractivity contribution in [1.82, 2.24) is 24.5 Å². The van der Waals surface area contributed by atoms with Crippen molar-refractivity contribution in [2.45, 2.75) is 31.4 Å². The number of nitrogens with zero attached hydrogens (tertiary/aromatic N) is 5. The van der Waals surface area contributed by atoms with Crippen molar-refractivity contribution >= 4 is 15.6 Å². The lowest BCUT2D eigenvalue weighted by Crippen LogP contribution is -2.37. The average Bonchev–Trinajstić information content (AvgIpc) is 3.53. The first-order valence-electron chi connectivity index (χ1n) is 9.93. The Morgan fingerprint density at radius 2 is 1.87 bits per heavy atom. The minimum Gasteiger partial charge on any atom is -0.415 e. The van der Waals surface area contributed by atoms with Crippen LogP contribution in [0.4, 0.5) is 0 Å². The number of aromatic nitrogens is 4. The van der Waals surface area contributed by atoms with Crippen LogP contribution in [0.1, 0.15) is 30.7 Å². The van der Waals surface area contributed by atoms with Crippen molar-refractivity contribution in [3.8, 4) is 23.0 Å². The summed E-state index contributed by atoms with van der Waals surface area (Å²) in [5.41, 5.74) is 3.75. The van der Waals surface area contributed by atoms with E-state index < -0.39 is 10.0 Å². The highest BCUT2D eigenvalue weighted by molar-refractivity contribution is 7.90. The third kappa shape index (κ3) is 3.54. The molecule has 0 saturated heterocycles. The van der Waals surface area contributed by atoms with Crippen LogP contribution in [0.3, 0.4) is 0 Å². The van der Waals surface area contributed by atoms with E-state index in [1.807, 2.05) is 43.3 Å². The topological polar surface area (TPSA) is 102 Å². The van der Waals surface area contributed by atoms with Crippen LogP contribution in [-0.2, 0) is 10.0 Å². The van der Waals surface area contributed by atoms with Gasteiger partial charge in [-0.25, -0.2) is 13.4 Å². The number of benzene rings is 1. The number of sulfonamides is 1. The SMILES string of the molecule is Cc1ncc(C2=CCN(S(=O)(=O)C3CC3)CC2)nc1-c1nnc(-c2ccccc2)o1. The van der Waals surface area contributed by atoms with E-state index >= 15 is 0 Å². The van der Waals surface area contributed by atoms with Crippen molar-refractivity contribution in [1.29, 1.82) is 0 Å². The number of hydrogen-bond acceptors (Lipinski definition) is 7. The number of hydrogen-bond donors (Lipinski definition) is 0. The molecule has 0 unspecified atom stereocenters. The van der Waals surface area contributed by atoms with Crippen molar-refractivity contribution < 1.29 is 12.8 Å². The molecule has 5 rings (SSSR count). The summed E-state index contributed by atoms with van der Waals surface area (Å²) in [6, 6.07) is 9.55. The highest BCUT2D eigenvalue weighted by Gasteiger charge is 2.40. The Kier molecular flexibility index (Phi) is 4.71. The Morgan fingerprint density at radius 3 is 2.57 bits per heavy atom. The van der Waals surface area contributed by atoms with Crippen LogP contribution in [0.25, 0.3) is 28.6 Å². The van der Waals surface area contributed by atoms with Gasteiger partial charge in [0.15, 0.2) is 0 Å². The Hall–Kier alpha value is -2.91. The standard InChI is InChI=1S/C21H21N5O3S/c1-14-19(21-25-24-20(29-21)16-5-3-2-4-6-16)23-18(13-22-14)15-9-11-26(12-10-15)30(27,28)17-7-8-17/h2-6,9,13,17H,7-8,10-12H2,1H3. The molecule has 9 heteroatoms. The Morgan fingerprint density at radius 1 is 1.10 bits per heavy atom. The Balaban J connectivity index is 1.41. The van der Waals surface area contributed by atoms with Crippen LogP contribution in [-0.4, -0.2) is 51.2 Å². The van der Waals surface area contributed by atoms with Gasteiger partial charge in [0.1, 0.15) is 5.69 Å². The summed E-state index contributed by atoms with van der Waals surface area (Å²) >= 11 is 0. The first-order valence-corrected chi connectivity index (χ1v) is 11.4. The normalized spacial score (nSPS) is 17.7. The zero-order valence-corrected chi connectivity index (χ0v) is 17.3. The van der Waals surface area contributed by atoms with Crippen molar-refractivity contribution in [3.05, 3.63) is 54.0 Å². The molecule has 1 aliphatic carbocycles. The maximum absolute atomic E-state index is 12.4. The minimum atomic E-state index is -3.16. The highest BCUT2D eigenvalue weighted by Crippen LogP contribution is 2.33. The second kappa shape index (κ2) is 7.41. The summed E-state index contributed by atoms with van der Waals surface area (Å²) in [6.07, 6.45) is 5.79. The molecule has 0 atom stereocenters. The maximum atomic E-state index is 12.4. The lowest BCUT2D eigenvalue weighted by atomic mass is 10.1. The predicted molar refractivity (Wildman–Crippen MR) is 112 cm³/mol. The largest absolute Gasteiger partial charge is 0.415 e. The maximum Gasteiger partial charge on any atom is 0.268 e. The molecule has 1 aromatic carbocycles. The third-order valence-electron chi connectivity index (χ3n) is 5.41. The lowest BCUT2D eigenvalue weighted by Gasteiger charge is -2.25. The van der Waals surface area contributed by atoms with Gasteiger partial charge < -0.3 is 4.42 Å². The summed E-state index contributed by atoms with van der Waals surface area (Å²) in [7, 11) is -3.16. The molecule has 2 aliphatic rings. The van der Waals surface area contributed by atoms with Crippen LogP contribution in [0.15, 0.2) is 47.0 Å². The van der Waals surface area contributed by atoms with E-state index in [-0.39, 0.29) is 5.25 Å². The summed E-state index contributed by atoms with van der Waals surface area (Å²) in [4.78, 5) is 9.17. The molecular formula is C21H21N5O3S. The summed E-state index contributed by atoms with van der Waals surface area (Å²) in [5, 5.41) is 8.10. The van der Waals surface area contributed by atoms with Gasteiger partial charge in [-0.15, -0.1) is 10.2 Å². The molecule has 0 radical (unpaired) electrons.